The maximum atomic E-state index is 11.5. The lowest BCUT2D eigenvalue weighted by molar-refractivity contribution is -0.123. The number of aliphatic hydroxyl groups excluding tert-OH is 2. The van der Waals surface area contributed by atoms with Gasteiger partial charge in [-0.15, -0.1) is 0 Å². The van der Waals surface area contributed by atoms with E-state index in [2.05, 4.69) is 10.2 Å². The molecule has 1 fully saturated rings. The Kier molecular flexibility index (Phi) is 4.06. The van der Waals surface area contributed by atoms with Crippen LogP contribution in [0.2, 0.25) is 5.02 Å². The Bertz CT molecular complexity index is 558. The maximum absolute atomic E-state index is 11.5. The third-order valence-electron chi connectivity index (χ3n) is 4.34. The number of hydrogen-bond donors (Lipinski definition) is 3. The van der Waals surface area contributed by atoms with E-state index in [1.807, 2.05) is 0 Å². The number of nitrogens with zero attached hydrogens (tertiary/aromatic N) is 1. The molecule has 5 nitrogen and oxygen atoms in total. The first-order valence-corrected chi connectivity index (χ1v) is 7.69. The van der Waals surface area contributed by atoms with Crippen LogP contribution < -0.4 is 10.2 Å². The van der Waals surface area contributed by atoms with Gasteiger partial charge < -0.3 is 20.4 Å². The number of aliphatic hydroxyl groups is 2. The van der Waals surface area contributed by atoms with Gasteiger partial charge in [0.15, 0.2) is 6.10 Å². The molecule has 0 saturated heterocycles. The molecule has 1 unspecified atom stereocenters. The van der Waals surface area contributed by atoms with Crippen molar-refractivity contribution in [3.05, 3.63) is 22.7 Å². The first-order chi connectivity index (χ1) is 10.1. The van der Waals surface area contributed by atoms with Gasteiger partial charge in [0.25, 0.3) is 5.91 Å². The molecule has 0 spiro atoms. The summed E-state index contributed by atoms with van der Waals surface area (Å²) in [4.78, 5) is 13.7. The molecule has 0 aromatic heterocycles. The largest absolute Gasteiger partial charge is 0.395 e. The van der Waals surface area contributed by atoms with Gasteiger partial charge in [0.1, 0.15) is 0 Å². The van der Waals surface area contributed by atoms with E-state index in [9.17, 15) is 15.0 Å². The summed E-state index contributed by atoms with van der Waals surface area (Å²) in [5, 5.41) is 22.3. The van der Waals surface area contributed by atoms with Crippen molar-refractivity contribution in [3.8, 4) is 0 Å². The molecule has 3 rings (SSSR count). The molecule has 1 saturated carbocycles. The molecule has 1 aliphatic carbocycles. The normalized spacial score (nSPS) is 21.5. The summed E-state index contributed by atoms with van der Waals surface area (Å²) in [6, 6.07) is 3.82. The molecular formula is C15H19ClN2O3. The summed E-state index contributed by atoms with van der Waals surface area (Å²) >= 11 is 6.36. The second-order valence-electron chi connectivity index (χ2n) is 5.64. The molecule has 2 aliphatic rings. The van der Waals surface area contributed by atoms with Gasteiger partial charge in [-0.1, -0.05) is 24.4 Å². The molecule has 1 heterocycles. The Morgan fingerprint density at radius 3 is 2.71 bits per heavy atom. The van der Waals surface area contributed by atoms with Crippen molar-refractivity contribution in [1.82, 2.24) is 0 Å². The van der Waals surface area contributed by atoms with Crippen molar-refractivity contribution in [3.63, 3.8) is 0 Å². The van der Waals surface area contributed by atoms with E-state index < -0.39 is 12.0 Å². The molecule has 1 aromatic carbocycles. The molecule has 21 heavy (non-hydrogen) atoms. The number of carbonyl (C=O) groups excluding carboxylic acids is 1. The number of carbonyl (C=O) groups is 1. The van der Waals surface area contributed by atoms with Gasteiger partial charge in [0.2, 0.25) is 0 Å². The zero-order valence-electron chi connectivity index (χ0n) is 11.7. The molecule has 1 aromatic rings. The summed E-state index contributed by atoms with van der Waals surface area (Å²) in [5.74, 6) is -0.423. The average Bonchev–Trinajstić information content (AvgIpc) is 3.07. The fourth-order valence-corrected chi connectivity index (χ4v) is 3.58. The number of benzene rings is 1. The maximum Gasteiger partial charge on any atom is 0.257 e. The summed E-state index contributed by atoms with van der Waals surface area (Å²) in [6.45, 7) is 0.568. The number of hydrogen-bond acceptors (Lipinski definition) is 4. The molecule has 1 amide bonds. The summed E-state index contributed by atoms with van der Waals surface area (Å²) in [7, 11) is 0. The summed E-state index contributed by atoms with van der Waals surface area (Å²) < 4.78 is 0. The predicted molar refractivity (Wildman–Crippen MR) is 81.7 cm³/mol. The lowest BCUT2D eigenvalue weighted by atomic mass is 10.1. The molecule has 0 radical (unpaired) electrons. The third-order valence-corrected chi connectivity index (χ3v) is 4.64. The fraction of sp³-hybridized carbons (Fsp3) is 0.533. The minimum Gasteiger partial charge on any atom is -0.395 e. The van der Waals surface area contributed by atoms with Crippen molar-refractivity contribution in [2.75, 3.05) is 23.4 Å². The van der Waals surface area contributed by atoms with E-state index >= 15 is 0 Å². The van der Waals surface area contributed by atoms with E-state index in [1.54, 1.807) is 12.1 Å². The monoisotopic (exact) mass is 310 g/mol. The van der Waals surface area contributed by atoms with E-state index in [0.29, 0.717) is 28.9 Å². The third kappa shape index (κ3) is 2.61. The van der Waals surface area contributed by atoms with E-state index in [1.165, 1.54) is 12.8 Å². The van der Waals surface area contributed by atoms with Crippen LogP contribution >= 0.6 is 11.6 Å². The molecule has 6 heteroatoms. The lowest BCUT2D eigenvalue weighted by Crippen LogP contribution is -2.35. The molecule has 114 valence electrons. The number of halogens is 1. The Morgan fingerprint density at radius 2 is 2.05 bits per heavy atom. The van der Waals surface area contributed by atoms with Crippen molar-refractivity contribution in [2.45, 2.75) is 37.8 Å². The second kappa shape index (κ2) is 5.83. The van der Waals surface area contributed by atoms with Crippen LogP contribution in [0.3, 0.4) is 0 Å². The van der Waals surface area contributed by atoms with Crippen LogP contribution in [0.4, 0.5) is 11.4 Å². The van der Waals surface area contributed by atoms with Crippen LogP contribution in [0.15, 0.2) is 12.1 Å². The minimum atomic E-state index is -1.15. The quantitative estimate of drug-likeness (QED) is 0.796. The molecule has 0 bridgehead atoms. The summed E-state index contributed by atoms with van der Waals surface area (Å²) in [5.41, 5.74) is 1.93. The Labute approximate surface area is 128 Å². The Hall–Kier alpha value is -1.30. The topological polar surface area (TPSA) is 72.8 Å². The van der Waals surface area contributed by atoms with Crippen LogP contribution in [-0.4, -0.2) is 35.3 Å². The van der Waals surface area contributed by atoms with Crippen molar-refractivity contribution >= 4 is 28.9 Å². The zero-order chi connectivity index (χ0) is 15.0. The summed E-state index contributed by atoms with van der Waals surface area (Å²) in [6.07, 6.45) is 3.39. The van der Waals surface area contributed by atoms with Gasteiger partial charge in [-0.2, -0.15) is 0 Å². The highest BCUT2D eigenvalue weighted by Gasteiger charge is 2.31. The minimum absolute atomic E-state index is 0.0545. The van der Waals surface area contributed by atoms with Crippen LogP contribution in [0.1, 0.15) is 37.4 Å². The highest BCUT2D eigenvalue weighted by Crippen LogP contribution is 2.40. The fourth-order valence-electron chi connectivity index (χ4n) is 3.30. The number of anilines is 2. The number of rotatable bonds is 4. The van der Waals surface area contributed by atoms with Crippen LogP contribution in [0.25, 0.3) is 0 Å². The first kappa shape index (κ1) is 14.6. The number of nitrogens with one attached hydrogen (secondary N) is 1. The molecular weight excluding hydrogens is 292 g/mol. The molecule has 3 N–H and O–H groups in total. The predicted octanol–water partition coefficient (Wildman–Crippen LogP) is 2.07. The van der Waals surface area contributed by atoms with Gasteiger partial charge in [-0.05, 0) is 25.0 Å². The first-order valence-electron chi connectivity index (χ1n) is 7.31. The van der Waals surface area contributed by atoms with Crippen LogP contribution in [0, 0.1) is 0 Å². The van der Waals surface area contributed by atoms with E-state index in [0.717, 1.165) is 18.5 Å². The van der Waals surface area contributed by atoms with Crippen LogP contribution in [-0.2, 0) is 4.79 Å². The van der Waals surface area contributed by atoms with Gasteiger partial charge in [-0.25, -0.2) is 0 Å². The van der Waals surface area contributed by atoms with Crippen molar-refractivity contribution in [1.29, 1.82) is 0 Å². The zero-order valence-corrected chi connectivity index (χ0v) is 12.4. The van der Waals surface area contributed by atoms with Crippen molar-refractivity contribution in [2.24, 2.45) is 0 Å². The number of amides is 1. The Balaban J connectivity index is 1.97. The van der Waals surface area contributed by atoms with Gasteiger partial charge in [-0.3, -0.25) is 4.79 Å². The van der Waals surface area contributed by atoms with E-state index in [4.69, 9.17) is 11.6 Å². The second-order valence-corrected chi connectivity index (χ2v) is 6.05. The standard InChI is InChI=1S/C15H19ClN2O3/c16-11-7-10-12(17-15(21)14(10)20)8-13(11)18(5-6-19)9-3-1-2-4-9/h7-9,14,19-20H,1-6H2,(H,17,21). The average molecular weight is 311 g/mol. The van der Waals surface area contributed by atoms with E-state index in [-0.39, 0.29) is 6.61 Å². The smallest absolute Gasteiger partial charge is 0.257 e. The van der Waals surface area contributed by atoms with Gasteiger partial charge in [0.05, 0.1) is 17.3 Å². The highest BCUT2D eigenvalue weighted by atomic mass is 35.5. The molecule has 1 atom stereocenters. The van der Waals surface area contributed by atoms with Crippen molar-refractivity contribution < 1.29 is 15.0 Å². The number of fused-ring (bicyclic) bond motifs is 1. The lowest BCUT2D eigenvalue weighted by Gasteiger charge is -2.31. The van der Waals surface area contributed by atoms with Gasteiger partial charge in [0, 0.05) is 23.8 Å². The SMILES string of the molecule is O=C1Nc2cc(N(CCO)C3CCCC3)c(Cl)cc2C1O. The van der Waals surface area contributed by atoms with Crippen LogP contribution in [0.5, 0.6) is 0 Å². The molecule has 1 aliphatic heterocycles. The van der Waals surface area contributed by atoms with Gasteiger partial charge >= 0.3 is 0 Å². The highest BCUT2D eigenvalue weighted by molar-refractivity contribution is 6.33. The Morgan fingerprint density at radius 1 is 1.33 bits per heavy atom.